The van der Waals surface area contributed by atoms with Gasteiger partial charge in [0.2, 0.25) is 11.8 Å². The van der Waals surface area contributed by atoms with E-state index in [1.54, 1.807) is 16.8 Å². The summed E-state index contributed by atoms with van der Waals surface area (Å²) >= 11 is 1.49. The molecule has 0 spiro atoms. The Morgan fingerprint density at radius 2 is 2.23 bits per heavy atom. The van der Waals surface area contributed by atoms with Crippen molar-refractivity contribution in [1.82, 2.24) is 9.80 Å². The third kappa shape index (κ3) is 2.62. The topological polar surface area (TPSA) is 40.6 Å². The molecule has 0 aliphatic carbocycles. The Balaban J connectivity index is 2.45. The quantitative estimate of drug-likeness (QED) is 0.614. The Bertz CT molecular complexity index is 220. The van der Waals surface area contributed by atoms with Crippen molar-refractivity contribution >= 4 is 23.6 Å². The van der Waals surface area contributed by atoms with Gasteiger partial charge in [-0.1, -0.05) is 0 Å². The van der Waals surface area contributed by atoms with Crippen LogP contribution in [0.1, 0.15) is 0 Å². The normalized spacial score (nSPS) is 17.8. The molecule has 0 unspecified atom stereocenters. The first-order chi connectivity index (χ1) is 6.15. The molecule has 1 heterocycles. The summed E-state index contributed by atoms with van der Waals surface area (Å²) in [4.78, 5) is 25.9. The van der Waals surface area contributed by atoms with Gasteiger partial charge in [0.05, 0.1) is 12.3 Å². The molecule has 1 aliphatic heterocycles. The van der Waals surface area contributed by atoms with Crippen molar-refractivity contribution in [2.24, 2.45) is 0 Å². The van der Waals surface area contributed by atoms with Crippen LogP contribution in [0.5, 0.6) is 0 Å². The van der Waals surface area contributed by atoms with Crippen LogP contribution in [-0.2, 0) is 9.59 Å². The summed E-state index contributed by atoms with van der Waals surface area (Å²) in [5.74, 6) is 0.562. The Labute approximate surface area is 82.3 Å². The molecule has 1 aliphatic rings. The molecule has 5 heteroatoms. The van der Waals surface area contributed by atoms with Gasteiger partial charge in [-0.15, -0.1) is 0 Å². The zero-order chi connectivity index (χ0) is 9.84. The van der Waals surface area contributed by atoms with Gasteiger partial charge in [-0.3, -0.25) is 9.59 Å². The Kier molecular flexibility index (Phi) is 3.59. The maximum atomic E-state index is 11.4. The first-order valence-electron chi connectivity index (χ1n) is 4.16. The standard InChI is InChI=1S/C8H14N2O2S/c1-9-3-4-10(5-7(9)11)8(12)6-13-2/h3-6H2,1-2H3. The summed E-state index contributed by atoms with van der Waals surface area (Å²) in [6.07, 6.45) is 1.88. The van der Waals surface area contributed by atoms with Gasteiger partial charge in [0.1, 0.15) is 0 Å². The van der Waals surface area contributed by atoms with E-state index >= 15 is 0 Å². The number of rotatable bonds is 2. The van der Waals surface area contributed by atoms with Crippen LogP contribution in [-0.4, -0.2) is 60.3 Å². The minimum absolute atomic E-state index is 0.0284. The number of likely N-dealkylation sites (N-methyl/N-ethyl adjacent to an activating group) is 1. The fraction of sp³-hybridized carbons (Fsp3) is 0.750. The summed E-state index contributed by atoms with van der Waals surface area (Å²) in [7, 11) is 1.76. The molecule has 2 amide bonds. The number of hydrogen-bond acceptors (Lipinski definition) is 3. The predicted molar refractivity (Wildman–Crippen MR) is 52.6 cm³/mol. The monoisotopic (exact) mass is 202 g/mol. The molecule has 0 aromatic carbocycles. The summed E-state index contributed by atoms with van der Waals surface area (Å²) in [6, 6.07) is 0. The van der Waals surface area contributed by atoms with E-state index in [9.17, 15) is 9.59 Å². The van der Waals surface area contributed by atoms with E-state index in [0.29, 0.717) is 18.8 Å². The van der Waals surface area contributed by atoms with Crippen molar-refractivity contribution in [1.29, 1.82) is 0 Å². The SMILES string of the molecule is CSCC(=O)N1CCN(C)C(=O)C1. The average Bonchev–Trinajstić information content (AvgIpc) is 2.10. The molecule has 0 aromatic rings. The molecule has 13 heavy (non-hydrogen) atoms. The first-order valence-corrected chi connectivity index (χ1v) is 5.55. The van der Waals surface area contributed by atoms with Crippen LogP contribution < -0.4 is 0 Å². The fourth-order valence-corrected chi connectivity index (χ4v) is 1.62. The van der Waals surface area contributed by atoms with Crippen LogP contribution in [0.15, 0.2) is 0 Å². The molecule has 4 nitrogen and oxygen atoms in total. The molecule has 1 saturated heterocycles. The lowest BCUT2D eigenvalue weighted by molar-refractivity contribution is -0.142. The van der Waals surface area contributed by atoms with Gasteiger partial charge in [-0.2, -0.15) is 11.8 Å². The van der Waals surface area contributed by atoms with Gasteiger partial charge in [-0.05, 0) is 6.26 Å². The molecule has 74 valence electrons. The van der Waals surface area contributed by atoms with Crippen LogP contribution in [0.4, 0.5) is 0 Å². The fourth-order valence-electron chi connectivity index (χ4n) is 1.19. The van der Waals surface area contributed by atoms with E-state index in [1.807, 2.05) is 6.26 Å². The van der Waals surface area contributed by atoms with Gasteiger partial charge in [0.25, 0.3) is 0 Å². The highest BCUT2D eigenvalue weighted by Crippen LogP contribution is 2.03. The Hall–Kier alpha value is -0.710. The third-order valence-corrected chi connectivity index (χ3v) is 2.61. The number of hydrogen-bond donors (Lipinski definition) is 0. The molecular weight excluding hydrogens is 188 g/mol. The minimum atomic E-state index is 0.0284. The lowest BCUT2D eigenvalue weighted by Gasteiger charge is -2.31. The summed E-state index contributed by atoms with van der Waals surface area (Å²) in [5.41, 5.74) is 0. The zero-order valence-electron chi connectivity index (χ0n) is 7.95. The van der Waals surface area contributed by atoms with Crippen molar-refractivity contribution in [3.63, 3.8) is 0 Å². The lowest BCUT2D eigenvalue weighted by atomic mass is 10.3. The van der Waals surface area contributed by atoms with E-state index < -0.39 is 0 Å². The largest absolute Gasteiger partial charge is 0.342 e. The van der Waals surface area contributed by atoms with Crippen molar-refractivity contribution in [2.45, 2.75) is 0 Å². The summed E-state index contributed by atoms with van der Waals surface area (Å²) < 4.78 is 0. The van der Waals surface area contributed by atoms with Crippen LogP contribution in [0, 0.1) is 0 Å². The molecule has 0 aromatic heterocycles. The van der Waals surface area contributed by atoms with Gasteiger partial charge < -0.3 is 9.80 Å². The number of amides is 2. The number of carbonyl (C=O) groups excluding carboxylic acids is 2. The number of thioether (sulfide) groups is 1. The van der Waals surface area contributed by atoms with Crippen LogP contribution >= 0.6 is 11.8 Å². The minimum Gasteiger partial charge on any atom is -0.342 e. The summed E-state index contributed by atoms with van der Waals surface area (Å²) in [6.45, 7) is 1.57. The highest BCUT2D eigenvalue weighted by molar-refractivity contribution is 7.99. The second kappa shape index (κ2) is 4.50. The van der Waals surface area contributed by atoms with Crippen LogP contribution in [0.2, 0.25) is 0 Å². The second-order valence-electron chi connectivity index (χ2n) is 3.06. The lowest BCUT2D eigenvalue weighted by Crippen LogP contribution is -2.51. The van der Waals surface area contributed by atoms with Gasteiger partial charge in [-0.25, -0.2) is 0 Å². The van der Waals surface area contributed by atoms with Crippen LogP contribution in [0.25, 0.3) is 0 Å². The third-order valence-electron chi connectivity index (χ3n) is 2.08. The molecule has 0 radical (unpaired) electrons. The van der Waals surface area contributed by atoms with E-state index in [1.165, 1.54) is 11.8 Å². The predicted octanol–water partition coefficient (Wildman–Crippen LogP) is -0.350. The van der Waals surface area contributed by atoms with E-state index in [4.69, 9.17) is 0 Å². The second-order valence-corrected chi connectivity index (χ2v) is 3.93. The van der Waals surface area contributed by atoms with E-state index in [0.717, 1.165) is 0 Å². The van der Waals surface area contributed by atoms with E-state index in [-0.39, 0.29) is 18.4 Å². The van der Waals surface area contributed by atoms with Gasteiger partial charge >= 0.3 is 0 Å². The van der Waals surface area contributed by atoms with Crippen molar-refractivity contribution in [3.05, 3.63) is 0 Å². The average molecular weight is 202 g/mol. The van der Waals surface area contributed by atoms with Crippen LogP contribution in [0.3, 0.4) is 0 Å². The van der Waals surface area contributed by atoms with E-state index in [2.05, 4.69) is 0 Å². The molecular formula is C8H14N2O2S. The molecule has 0 saturated carbocycles. The van der Waals surface area contributed by atoms with Crippen molar-refractivity contribution in [2.75, 3.05) is 38.7 Å². The van der Waals surface area contributed by atoms with Gasteiger partial charge in [0.15, 0.2) is 0 Å². The number of nitrogens with zero attached hydrogens (tertiary/aromatic N) is 2. The Morgan fingerprint density at radius 1 is 1.54 bits per heavy atom. The molecule has 0 N–H and O–H groups in total. The highest BCUT2D eigenvalue weighted by Gasteiger charge is 2.23. The summed E-state index contributed by atoms with van der Waals surface area (Å²) in [5, 5.41) is 0. The van der Waals surface area contributed by atoms with Crippen molar-refractivity contribution < 1.29 is 9.59 Å². The molecule has 1 fully saturated rings. The number of piperazine rings is 1. The smallest absolute Gasteiger partial charge is 0.241 e. The number of carbonyl (C=O) groups is 2. The highest BCUT2D eigenvalue weighted by atomic mass is 32.2. The molecule has 1 rings (SSSR count). The maximum absolute atomic E-state index is 11.4. The first kappa shape index (κ1) is 10.4. The van der Waals surface area contributed by atoms with Gasteiger partial charge in [0, 0.05) is 20.1 Å². The maximum Gasteiger partial charge on any atom is 0.241 e. The van der Waals surface area contributed by atoms with Crippen molar-refractivity contribution in [3.8, 4) is 0 Å². The Morgan fingerprint density at radius 3 is 2.77 bits per heavy atom. The molecule has 0 bridgehead atoms. The zero-order valence-corrected chi connectivity index (χ0v) is 8.76. The molecule has 0 atom stereocenters.